The average Bonchev–Trinajstić information content (AvgIpc) is 3.99. The number of nitrogens with zero attached hydrogens (tertiary/aromatic N) is 2. The molecule has 0 spiro atoms. The number of aromatic nitrogens is 2. The van der Waals surface area contributed by atoms with Gasteiger partial charge in [-0.25, -0.2) is 0 Å². The van der Waals surface area contributed by atoms with Crippen molar-refractivity contribution in [2.24, 2.45) is 0 Å². The number of rotatable bonds is 14. The van der Waals surface area contributed by atoms with Crippen molar-refractivity contribution in [1.82, 2.24) is 9.13 Å². The molecule has 14 rings (SSSR count). The lowest BCUT2D eigenvalue weighted by molar-refractivity contribution is 1.10. The first kappa shape index (κ1) is 50.6. The fraction of sp³-hybridized carbons (Fsp3) is 0. The molecule has 392 valence electrons. The van der Waals surface area contributed by atoms with Crippen LogP contribution in [0.3, 0.4) is 0 Å². The van der Waals surface area contributed by atoms with Crippen LogP contribution >= 0.6 is 0 Å². The third kappa shape index (κ3) is 9.20. The maximum atomic E-state index is 2.53. The maximum Gasteiger partial charge on any atom is 0.179 e. The van der Waals surface area contributed by atoms with E-state index in [2.05, 4.69) is 361 Å². The van der Waals surface area contributed by atoms with Gasteiger partial charge in [0.15, 0.2) is 8.07 Å². The van der Waals surface area contributed by atoms with Crippen molar-refractivity contribution in [2.75, 3.05) is 0 Å². The Morgan fingerprint density at radius 1 is 0.157 bits per heavy atom. The van der Waals surface area contributed by atoms with Gasteiger partial charge >= 0.3 is 0 Å². The largest absolute Gasteiger partial charge is 0.308 e. The van der Waals surface area contributed by atoms with Crippen LogP contribution in [-0.4, -0.2) is 17.2 Å². The van der Waals surface area contributed by atoms with Crippen LogP contribution in [0.4, 0.5) is 0 Å². The zero-order valence-corrected chi connectivity index (χ0v) is 46.9. The Bertz CT molecular complexity index is 3940. The Morgan fingerprint density at radius 3 is 0.530 bits per heavy atom. The SMILES string of the molecule is c1ccc(-c2c(-c3ccccc3)c(-c3ccccc3)n(-c3ccc([Si](c4ccccc4)(c4ccccc4)c4ccc(-n5c(-c6ccccc6)c(-c6ccccc6)c(-c6ccccc6)c5-c5ccccc5)cc4)cc3)c2-c2ccccc2)cc1. The van der Waals surface area contributed by atoms with E-state index in [0.29, 0.717) is 0 Å². The van der Waals surface area contributed by atoms with Crippen molar-refractivity contribution in [3.05, 3.63) is 352 Å². The highest BCUT2D eigenvalue weighted by atomic mass is 28.3. The minimum absolute atomic E-state index is 1.09. The molecule has 0 aliphatic carbocycles. The Kier molecular flexibility index (Phi) is 13.7. The van der Waals surface area contributed by atoms with Gasteiger partial charge in [0.05, 0.1) is 22.8 Å². The molecule has 0 amide bonds. The first-order valence-corrected chi connectivity index (χ1v) is 30.6. The minimum Gasteiger partial charge on any atom is -0.308 e. The summed E-state index contributed by atoms with van der Waals surface area (Å²) in [6.07, 6.45) is 0. The zero-order valence-electron chi connectivity index (χ0n) is 45.9. The van der Waals surface area contributed by atoms with Crippen molar-refractivity contribution < 1.29 is 0 Å². The second-order valence-corrected chi connectivity index (χ2v) is 24.9. The van der Waals surface area contributed by atoms with Crippen LogP contribution in [0.5, 0.6) is 0 Å². The molecule has 2 aromatic heterocycles. The third-order valence-corrected chi connectivity index (χ3v) is 21.1. The van der Waals surface area contributed by atoms with Gasteiger partial charge < -0.3 is 9.13 Å². The van der Waals surface area contributed by atoms with Gasteiger partial charge in [0.25, 0.3) is 0 Å². The van der Waals surface area contributed by atoms with Gasteiger partial charge in [0.1, 0.15) is 0 Å². The predicted octanol–water partition coefficient (Wildman–Crippen LogP) is 18.0. The first-order chi connectivity index (χ1) is 41.3. The minimum atomic E-state index is -3.10. The van der Waals surface area contributed by atoms with Crippen molar-refractivity contribution >= 4 is 28.8 Å². The highest BCUT2D eigenvalue weighted by Crippen LogP contribution is 2.51. The molecule has 0 saturated heterocycles. The van der Waals surface area contributed by atoms with Crippen molar-refractivity contribution in [3.8, 4) is 101 Å². The van der Waals surface area contributed by atoms with Crippen molar-refractivity contribution in [2.45, 2.75) is 0 Å². The van der Waals surface area contributed by atoms with E-state index in [1.54, 1.807) is 0 Å². The molecule has 2 nitrogen and oxygen atoms in total. The summed E-state index contributed by atoms with van der Waals surface area (Å²) in [5.41, 5.74) is 20.8. The fourth-order valence-corrected chi connectivity index (χ4v) is 17.5. The van der Waals surface area contributed by atoms with Crippen LogP contribution < -0.4 is 20.7 Å². The highest BCUT2D eigenvalue weighted by Gasteiger charge is 2.42. The quantitative estimate of drug-likeness (QED) is 0.0759. The van der Waals surface area contributed by atoms with E-state index < -0.39 is 8.07 Å². The standard InChI is InChI=1S/C80H58N2Si/c1-11-31-59(32-12-1)73-74(60-33-13-2-14-34-60)78(64-41-21-6-22-42-64)81(77(73)63-39-19-5-20-40-63)67-51-55-71(56-52-67)83(69-47-27-9-28-48-69,70-49-29-10-30-50-70)72-57-53-68(54-58-72)82-79(65-43-23-7-24-44-65)75(61-35-15-3-16-36-61)76(62-37-17-4-18-38-62)80(82)66-45-25-8-26-46-66/h1-58H. The van der Waals surface area contributed by atoms with Gasteiger partial charge in [-0.1, -0.05) is 328 Å². The molecule has 3 heteroatoms. The van der Waals surface area contributed by atoms with E-state index in [0.717, 1.165) is 56.4 Å². The van der Waals surface area contributed by atoms with Crippen LogP contribution in [0, 0.1) is 0 Å². The molecule has 0 bridgehead atoms. The van der Waals surface area contributed by atoms with Crippen molar-refractivity contribution in [3.63, 3.8) is 0 Å². The van der Waals surface area contributed by atoms with Gasteiger partial charge in [0, 0.05) is 33.6 Å². The predicted molar refractivity (Wildman–Crippen MR) is 352 cm³/mol. The smallest absolute Gasteiger partial charge is 0.179 e. The van der Waals surface area contributed by atoms with Crippen LogP contribution in [0.25, 0.3) is 101 Å². The molecule has 0 aliphatic heterocycles. The van der Waals surface area contributed by atoms with E-state index in [1.165, 1.54) is 65.3 Å². The van der Waals surface area contributed by atoms with Gasteiger partial charge in [-0.3, -0.25) is 0 Å². The molecule has 2 heterocycles. The van der Waals surface area contributed by atoms with Gasteiger partial charge in [0.2, 0.25) is 0 Å². The molecule has 0 saturated carbocycles. The molecule has 0 fully saturated rings. The highest BCUT2D eigenvalue weighted by molar-refractivity contribution is 7.19. The second-order valence-electron chi connectivity index (χ2n) is 21.1. The summed E-state index contributed by atoms with van der Waals surface area (Å²) in [4.78, 5) is 0. The molecule has 0 radical (unpaired) electrons. The van der Waals surface area contributed by atoms with Crippen molar-refractivity contribution in [1.29, 1.82) is 0 Å². The molecule has 0 unspecified atom stereocenters. The van der Waals surface area contributed by atoms with Gasteiger partial charge in [-0.05, 0) is 89.5 Å². The summed E-state index contributed by atoms with van der Waals surface area (Å²) in [6.45, 7) is 0. The number of hydrogen-bond acceptors (Lipinski definition) is 0. The molecular formula is C80H58N2Si. The zero-order chi connectivity index (χ0) is 55.4. The van der Waals surface area contributed by atoms with E-state index in [-0.39, 0.29) is 0 Å². The van der Waals surface area contributed by atoms with E-state index in [9.17, 15) is 0 Å². The summed E-state index contributed by atoms with van der Waals surface area (Å²) in [7, 11) is -3.10. The third-order valence-electron chi connectivity index (χ3n) is 16.3. The molecule has 83 heavy (non-hydrogen) atoms. The topological polar surface area (TPSA) is 9.86 Å². The normalized spacial score (nSPS) is 11.4. The second kappa shape index (κ2) is 22.5. The summed E-state index contributed by atoms with van der Waals surface area (Å²) < 4.78 is 5.06. The van der Waals surface area contributed by atoms with Crippen LogP contribution in [-0.2, 0) is 0 Å². The summed E-state index contributed by atoms with van der Waals surface area (Å²) in [6, 6.07) is 129. The van der Waals surface area contributed by atoms with Crippen LogP contribution in [0.15, 0.2) is 352 Å². The Hall–Kier alpha value is -10.6. The van der Waals surface area contributed by atoms with Gasteiger partial charge in [-0.15, -0.1) is 0 Å². The summed E-state index contributed by atoms with van der Waals surface area (Å²) in [5, 5.41) is 5.21. The Labute approximate surface area is 487 Å². The fourth-order valence-electron chi connectivity index (χ4n) is 12.8. The molecule has 0 N–H and O–H groups in total. The monoisotopic (exact) mass is 1070 g/mol. The molecule has 14 aromatic rings. The molecule has 0 aliphatic rings. The van der Waals surface area contributed by atoms with Gasteiger partial charge in [-0.2, -0.15) is 0 Å². The van der Waals surface area contributed by atoms with E-state index in [1.807, 2.05) is 0 Å². The summed E-state index contributed by atoms with van der Waals surface area (Å²) >= 11 is 0. The maximum absolute atomic E-state index is 3.10. The van der Waals surface area contributed by atoms with E-state index in [4.69, 9.17) is 0 Å². The van der Waals surface area contributed by atoms with Crippen LogP contribution in [0.2, 0.25) is 0 Å². The lowest BCUT2D eigenvalue weighted by atomic mass is 9.91. The Balaban J connectivity index is 1.02. The lowest BCUT2D eigenvalue weighted by Gasteiger charge is -2.34. The first-order valence-electron chi connectivity index (χ1n) is 28.6. The summed E-state index contributed by atoms with van der Waals surface area (Å²) in [5.74, 6) is 0. The van der Waals surface area contributed by atoms with Crippen LogP contribution in [0.1, 0.15) is 0 Å². The van der Waals surface area contributed by atoms with E-state index >= 15 is 0 Å². The lowest BCUT2D eigenvalue weighted by Crippen LogP contribution is -2.74. The molecule has 0 atom stereocenters. The molecule has 12 aromatic carbocycles. The number of hydrogen-bond donors (Lipinski definition) is 0. The average molecular weight is 1080 g/mol. The number of benzene rings is 12. The molecular weight excluding hydrogens is 1020 g/mol. The Morgan fingerprint density at radius 2 is 0.325 bits per heavy atom.